The molecule has 1 heterocycles. The van der Waals surface area contributed by atoms with E-state index in [-0.39, 0.29) is 0 Å². The van der Waals surface area contributed by atoms with Crippen LogP contribution in [0.15, 0.2) is 36.4 Å². The number of hydrogen-bond donors (Lipinski definition) is 0. The molecule has 6 heteroatoms. The molecular weight excluding hydrogens is 405 g/mol. The Balaban J connectivity index is 1.85. The lowest BCUT2D eigenvalue weighted by molar-refractivity contribution is 0.308. The standard InChI is InChI=1S/C27H33B3O3/c1-16-10-19(4)25(20(5)11-16)28-31-29(26-21(6)12-17(2)13-22(26)7)33-30(32-28)27-23(8)14-18(3)15-24(27)9/h10-15H,1-9H3. The molecule has 3 aromatic rings. The zero-order chi connectivity index (χ0) is 24.0. The highest BCUT2D eigenvalue weighted by molar-refractivity contribution is 6.88. The molecule has 0 saturated carbocycles. The fourth-order valence-electron chi connectivity index (χ4n) is 5.53. The summed E-state index contributed by atoms with van der Waals surface area (Å²) in [6, 6.07) is 13.2. The molecule has 1 aliphatic heterocycles. The van der Waals surface area contributed by atoms with Gasteiger partial charge in [-0.1, -0.05) is 86.5 Å². The molecule has 0 N–H and O–H groups in total. The third-order valence-corrected chi connectivity index (χ3v) is 6.66. The summed E-state index contributed by atoms with van der Waals surface area (Å²) in [6.07, 6.45) is 0. The van der Waals surface area contributed by atoms with Gasteiger partial charge >= 0.3 is 21.4 Å². The summed E-state index contributed by atoms with van der Waals surface area (Å²) in [7, 11) is -1.56. The van der Waals surface area contributed by atoms with E-state index in [0.717, 1.165) is 16.4 Å². The molecule has 3 aromatic carbocycles. The number of benzene rings is 3. The van der Waals surface area contributed by atoms with Crippen molar-refractivity contribution in [2.45, 2.75) is 62.3 Å². The molecule has 1 fully saturated rings. The van der Waals surface area contributed by atoms with E-state index < -0.39 is 21.4 Å². The van der Waals surface area contributed by atoms with E-state index >= 15 is 0 Å². The van der Waals surface area contributed by atoms with Gasteiger partial charge in [-0.2, -0.15) is 0 Å². The third-order valence-electron chi connectivity index (χ3n) is 6.66. The Morgan fingerprint density at radius 1 is 0.364 bits per heavy atom. The van der Waals surface area contributed by atoms with E-state index in [1.165, 1.54) is 50.1 Å². The van der Waals surface area contributed by atoms with Crippen molar-refractivity contribution >= 4 is 37.7 Å². The maximum atomic E-state index is 6.57. The largest absolute Gasteiger partial charge is 0.467 e. The lowest BCUT2D eigenvalue weighted by atomic mass is 9.58. The van der Waals surface area contributed by atoms with Gasteiger partial charge in [-0.25, -0.2) is 0 Å². The maximum Gasteiger partial charge on any atom is 0.467 e. The molecule has 0 bridgehead atoms. The summed E-state index contributed by atoms with van der Waals surface area (Å²) in [5.74, 6) is 0. The van der Waals surface area contributed by atoms with Crippen LogP contribution in [0.5, 0.6) is 0 Å². The van der Waals surface area contributed by atoms with E-state index in [9.17, 15) is 0 Å². The Labute approximate surface area is 200 Å². The Hall–Kier alpha value is -2.27. The fraction of sp³-hybridized carbons (Fsp3) is 0.333. The van der Waals surface area contributed by atoms with Gasteiger partial charge in [0, 0.05) is 0 Å². The molecular formula is C27H33B3O3. The molecule has 168 valence electrons. The summed E-state index contributed by atoms with van der Waals surface area (Å²) in [5.41, 5.74) is 14.0. The van der Waals surface area contributed by atoms with Crippen molar-refractivity contribution < 1.29 is 13.7 Å². The van der Waals surface area contributed by atoms with Crippen LogP contribution >= 0.6 is 0 Å². The predicted octanol–water partition coefficient (Wildman–Crippen LogP) is 4.01. The molecule has 4 rings (SSSR count). The predicted molar refractivity (Wildman–Crippen MR) is 141 cm³/mol. The van der Waals surface area contributed by atoms with Gasteiger partial charge in [-0.05, 0) is 78.7 Å². The quantitative estimate of drug-likeness (QED) is 0.579. The highest BCUT2D eigenvalue weighted by atomic mass is 16.7. The Kier molecular flexibility index (Phi) is 6.64. The Morgan fingerprint density at radius 3 is 0.727 bits per heavy atom. The zero-order valence-electron chi connectivity index (χ0n) is 21.4. The van der Waals surface area contributed by atoms with Crippen molar-refractivity contribution in [1.82, 2.24) is 0 Å². The van der Waals surface area contributed by atoms with Crippen molar-refractivity contribution in [3.8, 4) is 0 Å². The minimum absolute atomic E-state index is 0.519. The Bertz CT molecular complexity index is 995. The molecule has 0 aromatic heterocycles. The van der Waals surface area contributed by atoms with Crippen LogP contribution in [0.1, 0.15) is 50.1 Å². The second-order valence-corrected chi connectivity index (χ2v) is 9.84. The average Bonchev–Trinajstić information content (AvgIpc) is 2.65. The summed E-state index contributed by atoms with van der Waals surface area (Å²) in [4.78, 5) is 0. The van der Waals surface area contributed by atoms with Crippen LogP contribution in [0.2, 0.25) is 0 Å². The lowest BCUT2D eigenvalue weighted by Gasteiger charge is -2.35. The molecule has 3 nitrogen and oxygen atoms in total. The second kappa shape index (κ2) is 9.17. The molecule has 0 atom stereocenters. The SMILES string of the molecule is Cc1cc(C)c(B2OB(c3c(C)cc(C)cc3C)OB(c3c(C)cc(C)cc3C)O2)c(C)c1. The highest BCUT2D eigenvalue weighted by Crippen LogP contribution is 2.19. The Morgan fingerprint density at radius 2 is 0.545 bits per heavy atom. The minimum Gasteiger partial charge on any atom is -0.445 e. The number of hydrogen-bond acceptors (Lipinski definition) is 3. The van der Waals surface area contributed by atoms with E-state index in [2.05, 4.69) is 98.7 Å². The first-order chi connectivity index (χ1) is 15.5. The molecule has 0 spiro atoms. The van der Waals surface area contributed by atoms with Gasteiger partial charge in [-0.15, -0.1) is 0 Å². The lowest BCUT2D eigenvalue weighted by Crippen LogP contribution is -2.63. The normalized spacial score (nSPS) is 14.3. The smallest absolute Gasteiger partial charge is 0.445 e. The molecule has 1 aliphatic rings. The van der Waals surface area contributed by atoms with Gasteiger partial charge in [0.25, 0.3) is 0 Å². The van der Waals surface area contributed by atoms with E-state index in [1.807, 2.05) is 0 Å². The first-order valence-electron chi connectivity index (χ1n) is 11.7. The van der Waals surface area contributed by atoms with Crippen LogP contribution < -0.4 is 16.4 Å². The monoisotopic (exact) mass is 438 g/mol. The van der Waals surface area contributed by atoms with Crippen LogP contribution in [0.3, 0.4) is 0 Å². The summed E-state index contributed by atoms with van der Waals surface area (Å²) in [6.45, 7) is 19.2. The van der Waals surface area contributed by atoms with Crippen molar-refractivity contribution in [3.63, 3.8) is 0 Å². The van der Waals surface area contributed by atoms with Gasteiger partial charge in [0.1, 0.15) is 0 Å². The van der Waals surface area contributed by atoms with Crippen LogP contribution in [0.4, 0.5) is 0 Å². The molecule has 0 unspecified atom stereocenters. The molecule has 33 heavy (non-hydrogen) atoms. The summed E-state index contributed by atoms with van der Waals surface area (Å²) in [5, 5.41) is 0. The van der Waals surface area contributed by atoms with Crippen molar-refractivity contribution in [3.05, 3.63) is 86.5 Å². The van der Waals surface area contributed by atoms with Gasteiger partial charge in [-0.3, -0.25) is 0 Å². The second-order valence-electron chi connectivity index (χ2n) is 9.84. The van der Waals surface area contributed by atoms with Gasteiger partial charge < -0.3 is 13.7 Å². The zero-order valence-corrected chi connectivity index (χ0v) is 21.4. The maximum absolute atomic E-state index is 6.57. The van der Waals surface area contributed by atoms with Crippen LogP contribution in [-0.4, -0.2) is 21.4 Å². The van der Waals surface area contributed by atoms with E-state index in [0.29, 0.717) is 0 Å². The van der Waals surface area contributed by atoms with Crippen LogP contribution in [0, 0.1) is 62.3 Å². The van der Waals surface area contributed by atoms with Crippen LogP contribution in [0.25, 0.3) is 0 Å². The van der Waals surface area contributed by atoms with E-state index in [1.54, 1.807) is 0 Å². The third kappa shape index (κ3) is 4.70. The van der Waals surface area contributed by atoms with Crippen molar-refractivity contribution in [1.29, 1.82) is 0 Å². The molecule has 1 saturated heterocycles. The van der Waals surface area contributed by atoms with Gasteiger partial charge in [0.15, 0.2) is 0 Å². The van der Waals surface area contributed by atoms with Crippen molar-refractivity contribution in [2.75, 3.05) is 0 Å². The minimum atomic E-state index is -0.519. The van der Waals surface area contributed by atoms with Gasteiger partial charge in [0.05, 0.1) is 0 Å². The molecule has 0 aliphatic carbocycles. The first kappa shape index (κ1) is 23.9. The topological polar surface area (TPSA) is 27.7 Å². The van der Waals surface area contributed by atoms with Crippen LogP contribution in [-0.2, 0) is 13.7 Å². The first-order valence-corrected chi connectivity index (χ1v) is 11.7. The number of rotatable bonds is 3. The van der Waals surface area contributed by atoms with Gasteiger partial charge in [0.2, 0.25) is 0 Å². The average molecular weight is 438 g/mol. The molecule has 0 amide bonds. The van der Waals surface area contributed by atoms with E-state index in [4.69, 9.17) is 13.7 Å². The number of aryl methyl sites for hydroxylation is 9. The van der Waals surface area contributed by atoms with Crippen molar-refractivity contribution in [2.24, 2.45) is 0 Å². The highest BCUT2D eigenvalue weighted by Gasteiger charge is 2.46. The molecule has 0 radical (unpaired) electrons. The fourth-order valence-corrected chi connectivity index (χ4v) is 5.53. The summed E-state index contributed by atoms with van der Waals surface area (Å²) >= 11 is 0. The summed E-state index contributed by atoms with van der Waals surface area (Å²) < 4.78 is 19.7.